The van der Waals surface area contributed by atoms with Gasteiger partial charge in [-0.15, -0.1) is 0 Å². The van der Waals surface area contributed by atoms with E-state index in [4.69, 9.17) is 9.47 Å². The van der Waals surface area contributed by atoms with E-state index in [-0.39, 0.29) is 0 Å². The number of hydrogen-bond donors (Lipinski definition) is 0. The minimum atomic E-state index is -0.424. The van der Waals surface area contributed by atoms with E-state index in [0.717, 1.165) is 16.9 Å². The van der Waals surface area contributed by atoms with Crippen molar-refractivity contribution in [1.82, 2.24) is 0 Å². The molecule has 0 unspecified atom stereocenters. The molecule has 0 atom stereocenters. The minimum Gasteiger partial charge on any atom is -0.465 e. The fourth-order valence-corrected chi connectivity index (χ4v) is 2.96. The van der Waals surface area contributed by atoms with E-state index in [1.54, 1.807) is 36.4 Å². The number of hydrogen-bond acceptors (Lipinski definition) is 5. The zero-order chi connectivity index (χ0) is 20.9. The molecule has 1 aliphatic rings. The fraction of sp³-hybridized carbons (Fsp3) is 0.0400. The minimum absolute atomic E-state index is 0.406. The first kappa shape index (κ1) is 19.2. The first-order valence-corrected chi connectivity index (χ1v) is 9.30. The molecule has 1 aliphatic heterocycles. The fourth-order valence-electron chi connectivity index (χ4n) is 2.96. The van der Waals surface area contributed by atoms with Crippen LogP contribution in [0.4, 0.5) is 0 Å². The van der Waals surface area contributed by atoms with Gasteiger partial charge in [-0.1, -0.05) is 30.3 Å². The Hall–Kier alpha value is -4.12. The van der Waals surface area contributed by atoms with Gasteiger partial charge in [-0.25, -0.2) is 9.59 Å². The molecule has 0 saturated carbocycles. The molecule has 5 nitrogen and oxygen atoms in total. The Balaban J connectivity index is 1.50. The molecular weight excluding hydrogens is 380 g/mol. The van der Waals surface area contributed by atoms with Crippen LogP contribution in [0.2, 0.25) is 0 Å². The van der Waals surface area contributed by atoms with Crippen molar-refractivity contribution in [2.75, 3.05) is 7.11 Å². The number of benzene rings is 3. The van der Waals surface area contributed by atoms with E-state index >= 15 is 0 Å². The summed E-state index contributed by atoms with van der Waals surface area (Å²) >= 11 is 0. The van der Waals surface area contributed by atoms with E-state index in [1.165, 1.54) is 7.11 Å². The summed E-state index contributed by atoms with van der Waals surface area (Å²) in [6, 6.07) is 23.6. The number of carbonyl (C=O) groups excluding carboxylic acids is 2. The van der Waals surface area contributed by atoms with Crippen LogP contribution in [0.1, 0.15) is 21.5 Å². The van der Waals surface area contributed by atoms with Gasteiger partial charge in [-0.2, -0.15) is 0 Å². The average molecular weight is 398 g/mol. The van der Waals surface area contributed by atoms with Crippen molar-refractivity contribution in [1.29, 1.82) is 0 Å². The van der Waals surface area contributed by atoms with E-state index in [1.807, 2.05) is 54.6 Å². The van der Waals surface area contributed by atoms with Crippen LogP contribution in [-0.2, 0) is 14.3 Å². The molecule has 0 N–H and O–H groups in total. The van der Waals surface area contributed by atoms with E-state index in [2.05, 4.69) is 4.74 Å². The molecule has 0 fully saturated rings. The second kappa shape index (κ2) is 8.49. The lowest BCUT2D eigenvalue weighted by Gasteiger charge is -2.06. The van der Waals surface area contributed by atoms with Crippen LogP contribution in [0.25, 0.3) is 11.8 Å². The van der Waals surface area contributed by atoms with Gasteiger partial charge in [0.05, 0.1) is 18.2 Å². The normalized spacial score (nSPS) is 14.2. The van der Waals surface area contributed by atoms with Crippen LogP contribution in [-0.4, -0.2) is 19.0 Å². The van der Waals surface area contributed by atoms with Gasteiger partial charge in [0.1, 0.15) is 17.3 Å². The summed E-state index contributed by atoms with van der Waals surface area (Å²) in [6.07, 6.45) is 3.41. The lowest BCUT2D eigenvalue weighted by Crippen LogP contribution is -2.00. The Morgan fingerprint density at radius 2 is 1.53 bits per heavy atom. The molecule has 0 aromatic heterocycles. The quantitative estimate of drug-likeness (QED) is 0.434. The van der Waals surface area contributed by atoms with Gasteiger partial charge >= 0.3 is 11.9 Å². The number of ether oxygens (including phenoxy) is 3. The highest BCUT2D eigenvalue weighted by Crippen LogP contribution is 2.29. The number of rotatable bonds is 5. The molecule has 3 aromatic rings. The number of para-hydroxylation sites is 1. The summed E-state index contributed by atoms with van der Waals surface area (Å²) in [5.74, 6) is 1.09. The van der Waals surface area contributed by atoms with Crippen molar-refractivity contribution < 1.29 is 23.8 Å². The Morgan fingerprint density at radius 3 is 2.20 bits per heavy atom. The van der Waals surface area contributed by atoms with Crippen molar-refractivity contribution in [3.8, 4) is 11.5 Å². The van der Waals surface area contributed by atoms with Gasteiger partial charge in [0.2, 0.25) is 0 Å². The molecule has 0 radical (unpaired) electrons. The van der Waals surface area contributed by atoms with Crippen LogP contribution < -0.4 is 4.74 Å². The Labute approximate surface area is 173 Å². The first-order chi connectivity index (χ1) is 14.6. The zero-order valence-electron chi connectivity index (χ0n) is 16.2. The molecule has 0 bridgehead atoms. The van der Waals surface area contributed by atoms with Gasteiger partial charge in [-0.05, 0) is 66.2 Å². The van der Waals surface area contributed by atoms with Crippen LogP contribution in [0.3, 0.4) is 0 Å². The highest BCUT2D eigenvalue weighted by atomic mass is 16.5. The molecule has 30 heavy (non-hydrogen) atoms. The van der Waals surface area contributed by atoms with Crippen LogP contribution >= 0.6 is 0 Å². The van der Waals surface area contributed by atoms with Crippen LogP contribution in [0.5, 0.6) is 11.5 Å². The Morgan fingerprint density at radius 1 is 0.867 bits per heavy atom. The van der Waals surface area contributed by atoms with E-state index < -0.39 is 11.9 Å². The maximum Gasteiger partial charge on any atom is 0.343 e. The third-order valence-electron chi connectivity index (χ3n) is 4.50. The largest absolute Gasteiger partial charge is 0.465 e. The molecular formula is C25H18O5. The van der Waals surface area contributed by atoms with Crippen LogP contribution in [0.15, 0.2) is 90.5 Å². The summed E-state index contributed by atoms with van der Waals surface area (Å²) in [5.41, 5.74) is 2.43. The Kier molecular flexibility index (Phi) is 5.44. The van der Waals surface area contributed by atoms with E-state index in [0.29, 0.717) is 22.6 Å². The van der Waals surface area contributed by atoms with Gasteiger partial charge in [0.25, 0.3) is 0 Å². The third-order valence-corrected chi connectivity index (χ3v) is 4.50. The summed E-state index contributed by atoms with van der Waals surface area (Å²) in [5, 5.41) is 0. The monoisotopic (exact) mass is 398 g/mol. The molecule has 3 aromatic carbocycles. The van der Waals surface area contributed by atoms with Crippen molar-refractivity contribution >= 4 is 23.8 Å². The molecule has 5 heteroatoms. The summed E-state index contributed by atoms with van der Waals surface area (Å²) in [7, 11) is 1.33. The van der Waals surface area contributed by atoms with Gasteiger partial charge in [0, 0.05) is 5.56 Å². The molecule has 0 saturated heterocycles. The predicted octanol–water partition coefficient (Wildman–Crippen LogP) is 5.25. The van der Waals surface area contributed by atoms with Crippen molar-refractivity contribution in [2.24, 2.45) is 0 Å². The molecule has 0 amide bonds. The third kappa shape index (κ3) is 4.31. The maximum absolute atomic E-state index is 12.3. The molecule has 148 valence electrons. The average Bonchev–Trinajstić information content (AvgIpc) is 3.15. The smallest absolute Gasteiger partial charge is 0.343 e. The Bertz CT molecular complexity index is 1120. The molecule has 0 aliphatic carbocycles. The van der Waals surface area contributed by atoms with Gasteiger partial charge < -0.3 is 14.2 Å². The number of cyclic esters (lactones) is 1. The lowest BCUT2D eigenvalue weighted by molar-refractivity contribution is -0.130. The summed E-state index contributed by atoms with van der Waals surface area (Å²) < 4.78 is 15.9. The van der Waals surface area contributed by atoms with Crippen molar-refractivity contribution in [2.45, 2.75) is 0 Å². The lowest BCUT2D eigenvalue weighted by atomic mass is 10.1. The van der Waals surface area contributed by atoms with Crippen molar-refractivity contribution in [3.05, 3.63) is 107 Å². The number of esters is 2. The SMILES string of the molecule is COC(=O)c1ccc(/C=C2\C=C(c3ccc(Oc4ccccc4)cc3)OC2=O)cc1. The molecule has 4 rings (SSSR count). The van der Waals surface area contributed by atoms with Gasteiger partial charge in [-0.3, -0.25) is 0 Å². The standard InChI is InChI=1S/C25H18O5/c1-28-24(26)19-9-7-17(8-10-19)15-20-16-23(30-25(20)27)18-11-13-22(14-12-18)29-21-5-3-2-4-6-21/h2-16H,1H3/b20-15+. The number of carbonyl (C=O) groups is 2. The highest BCUT2D eigenvalue weighted by Gasteiger charge is 2.22. The van der Waals surface area contributed by atoms with Crippen molar-refractivity contribution in [3.63, 3.8) is 0 Å². The second-order valence-electron chi connectivity index (χ2n) is 6.55. The zero-order valence-corrected chi connectivity index (χ0v) is 16.2. The predicted molar refractivity (Wildman–Crippen MR) is 113 cm³/mol. The van der Waals surface area contributed by atoms with E-state index in [9.17, 15) is 9.59 Å². The second-order valence-corrected chi connectivity index (χ2v) is 6.55. The highest BCUT2D eigenvalue weighted by molar-refractivity contribution is 6.05. The van der Waals surface area contributed by atoms with Gasteiger partial charge in [0.15, 0.2) is 0 Å². The summed E-state index contributed by atoms with van der Waals surface area (Å²) in [6.45, 7) is 0. The van der Waals surface area contributed by atoms with Crippen LogP contribution in [0, 0.1) is 0 Å². The number of methoxy groups -OCH3 is 1. The maximum atomic E-state index is 12.3. The summed E-state index contributed by atoms with van der Waals surface area (Å²) in [4.78, 5) is 23.8. The first-order valence-electron chi connectivity index (χ1n) is 9.30. The molecule has 1 heterocycles. The topological polar surface area (TPSA) is 61.8 Å². The molecule has 0 spiro atoms.